The molecule has 0 amide bonds. The first-order chi connectivity index (χ1) is 11.5. The zero-order valence-electron chi connectivity index (χ0n) is 13.2. The average Bonchev–Trinajstić information content (AvgIpc) is 3.19. The number of alkyl halides is 1. The zero-order chi connectivity index (χ0) is 17.0. The zero-order valence-corrected chi connectivity index (χ0v) is 14.7. The first-order valence-corrected chi connectivity index (χ1v) is 9.43. The molecule has 2 aliphatic carbocycles. The summed E-state index contributed by atoms with van der Waals surface area (Å²) in [6.07, 6.45) is 2.11. The normalized spacial score (nSPS) is 26.3. The summed E-state index contributed by atoms with van der Waals surface area (Å²) in [7, 11) is 0. The Hall–Kier alpha value is -1.59. The van der Waals surface area contributed by atoms with Crippen LogP contribution in [0.4, 0.5) is 0 Å². The van der Waals surface area contributed by atoms with E-state index in [2.05, 4.69) is 4.98 Å². The third-order valence-electron chi connectivity index (χ3n) is 5.31. The van der Waals surface area contributed by atoms with Crippen LogP contribution in [0.3, 0.4) is 0 Å². The van der Waals surface area contributed by atoms with Crippen molar-refractivity contribution in [2.24, 2.45) is 17.8 Å². The Kier molecular flexibility index (Phi) is 3.81. The number of hydrogen-bond acceptors (Lipinski definition) is 5. The van der Waals surface area contributed by atoms with Crippen LogP contribution in [-0.4, -0.2) is 22.3 Å². The monoisotopic (exact) mass is 361 g/mol. The predicted molar refractivity (Wildman–Crippen MR) is 92.6 cm³/mol. The molecule has 0 aliphatic heterocycles. The Morgan fingerprint density at radius 1 is 1.25 bits per heavy atom. The molecule has 0 saturated heterocycles. The molecule has 2 aliphatic rings. The smallest absolute Gasteiger partial charge is 0.181 e. The molecule has 0 N–H and O–H groups in total. The summed E-state index contributed by atoms with van der Waals surface area (Å²) in [5.41, 5.74) is 1.89. The van der Waals surface area contributed by atoms with Gasteiger partial charge in [0.15, 0.2) is 17.3 Å². The molecule has 6 heteroatoms. The molecular formula is C18H16ClNO3S. The summed E-state index contributed by atoms with van der Waals surface area (Å²) >= 11 is 7.33. The van der Waals surface area contributed by atoms with Gasteiger partial charge in [0.2, 0.25) is 0 Å². The number of Topliss-reactive ketones (excluding diaryl/α,β-unsaturated/α-hetero) is 3. The number of benzene rings is 1. The Morgan fingerprint density at radius 2 is 1.92 bits per heavy atom. The van der Waals surface area contributed by atoms with E-state index in [-0.39, 0.29) is 29.2 Å². The molecule has 2 aromatic rings. The van der Waals surface area contributed by atoms with Gasteiger partial charge in [-0.05, 0) is 43.9 Å². The van der Waals surface area contributed by atoms with Crippen LogP contribution in [-0.2, 0) is 15.5 Å². The lowest BCUT2D eigenvalue weighted by Gasteiger charge is -2.24. The largest absolute Gasteiger partial charge is 0.298 e. The minimum absolute atomic E-state index is 0.118. The highest BCUT2D eigenvalue weighted by molar-refractivity contribution is 7.18. The Labute approximate surface area is 148 Å². The van der Waals surface area contributed by atoms with Crippen molar-refractivity contribution >= 4 is 50.5 Å². The maximum absolute atomic E-state index is 13.0. The SMILES string of the molecule is Cc1c(C(=O)C2C(=O)C3CCC(C3)C2=O)ccc2sc(CCl)nc12. The van der Waals surface area contributed by atoms with Gasteiger partial charge >= 0.3 is 0 Å². The van der Waals surface area contributed by atoms with Crippen LogP contribution in [0.15, 0.2) is 12.1 Å². The van der Waals surface area contributed by atoms with E-state index >= 15 is 0 Å². The number of carbonyl (C=O) groups is 3. The van der Waals surface area contributed by atoms with Crippen LogP contribution in [0.2, 0.25) is 0 Å². The summed E-state index contributed by atoms with van der Waals surface area (Å²) in [4.78, 5) is 42.6. The molecule has 2 unspecified atom stereocenters. The maximum Gasteiger partial charge on any atom is 0.181 e. The lowest BCUT2D eigenvalue weighted by atomic mass is 9.75. The van der Waals surface area contributed by atoms with E-state index in [4.69, 9.17) is 11.6 Å². The van der Waals surface area contributed by atoms with Crippen LogP contribution < -0.4 is 0 Å². The highest BCUT2D eigenvalue weighted by Gasteiger charge is 2.50. The van der Waals surface area contributed by atoms with Crippen molar-refractivity contribution in [1.29, 1.82) is 0 Å². The third kappa shape index (κ3) is 2.25. The molecule has 4 rings (SSSR count). The molecule has 24 heavy (non-hydrogen) atoms. The second kappa shape index (κ2) is 5.74. The van der Waals surface area contributed by atoms with Gasteiger partial charge in [0, 0.05) is 17.4 Å². The molecule has 2 atom stereocenters. The number of fused-ring (bicyclic) bond motifs is 3. The minimum Gasteiger partial charge on any atom is -0.298 e. The van der Waals surface area contributed by atoms with Gasteiger partial charge in [0.05, 0.1) is 16.1 Å². The van der Waals surface area contributed by atoms with Gasteiger partial charge in [-0.1, -0.05) is 0 Å². The number of rotatable bonds is 3. The molecule has 0 spiro atoms. The number of aromatic nitrogens is 1. The number of halogens is 1. The molecule has 1 aromatic carbocycles. The van der Waals surface area contributed by atoms with Crippen molar-refractivity contribution in [2.45, 2.75) is 32.1 Å². The van der Waals surface area contributed by atoms with Crippen molar-refractivity contribution in [1.82, 2.24) is 4.98 Å². The van der Waals surface area contributed by atoms with Crippen LogP contribution in [0.25, 0.3) is 10.2 Å². The highest BCUT2D eigenvalue weighted by atomic mass is 35.5. The van der Waals surface area contributed by atoms with Gasteiger partial charge < -0.3 is 0 Å². The van der Waals surface area contributed by atoms with E-state index < -0.39 is 5.92 Å². The van der Waals surface area contributed by atoms with Crippen molar-refractivity contribution < 1.29 is 14.4 Å². The summed E-state index contributed by atoms with van der Waals surface area (Å²) in [6.45, 7) is 1.82. The standard InChI is InChI=1S/C18H16ClNO3S/c1-8-11(4-5-12-15(8)20-13(7-19)24-12)18(23)14-16(21)9-2-3-10(6-9)17(14)22/h4-5,9-10,14H,2-3,6-7H2,1H3. The molecule has 1 heterocycles. The second-order valence-corrected chi connectivity index (χ2v) is 8.02. The van der Waals surface area contributed by atoms with Gasteiger partial charge in [-0.25, -0.2) is 4.98 Å². The molecule has 2 fully saturated rings. The number of hydrogen-bond donors (Lipinski definition) is 0. The number of ketones is 3. The molecule has 124 valence electrons. The van der Waals surface area contributed by atoms with E-state index in [1.165, 1.54) is 11.3 Å². The van der Waals surface area contributed by atoms with Crippen LogP contribution in [0.5, 0.6) is 0 Å². The van der Waals surface area contributed by atoms with Crippen LogP contribution >= 0.6 is 22.9 Å². The van der Waals surface area contributed by atoms with E-state index in [1.807, 2.05) is 13.0 Å². The van der Waals surface area contributed by atoms with Gasteiger partial charge in [0.1, 0.15) is 10.9 Å². The summed E-state index contributed by atoms with van der Waals surface area (Å²) < 4.78 is 0.959. The van der Waals surface area contributed by atoms with Crippen molar-refractivity contribution in [3.63, 3.8) is 0 Å². The fraction of sp³-hybridized carbons (Fsp3) is 0.444. The number of thiazole rings is 1. The third-order valence-corrected chi connectivity index (χ3v) is 6.74. The van der Waals surface area contributed by atoms with Crippen molar-refractivity contribution in [3.8, 4) is 0 Å². The molecular weight excluding hydrogens is 346 g/mol. The molecule has 0 radical (unpaired) electrons. The van der Waals surface area contributed by atoms with Gasteiger partial charge in [-0.15, -0.1) is 22.9 Å². The minimum atomic E-state index is -1.11. The summed E-state index contributed by atoms with van der Waals surface area (Å²) in [5, 5.41) is 0.794. The lowest BCUT2D eigenvalue weighted by Crippen LogP contribution is -2.41. The predicted octanol–water partition coefficient (Wildman–Crippen LogP) is 3.71. The quantitative estimate of drug-likeness (QED) is 0.475. The maximum atomic E-state index is 13.0. The summed E-state index contributed by atoms with van der Waals surface area (Å²) in [5.74, 6) is -1.75. The van der Waals surface area contributed by atoms with Gasteiger partial charge in [-0.2, -0.15) is 0 Å². The van der Waals surface area contributed by atoms with E-state index in [9.17, 15) is 14.4 Å². The number of carbonyl (C=O) groups excluding carboxylic acids is 3. The first-order valence-electron chi connectivity index (χ1n) is 8.08. The fourth-order valence-corrected chi connectivity index (χ4v) is 5.12. The summed E-state index contributed by atoms with van der Waals surface area (Å²) in [6, 6.07) is 3.54. The molecule has 4 nitrogen and oxygen atoms in total. The first kappa shape index (κ1) is 15.9. The fourth-order valence-electron chi connectivity index (χ4n) is 4.02. The van der Waals surface area contributed by atoms with Crippen LogP contribution in [0.1, 0.15) is 40.2 Å². The average molecular weight is 362 g/mol. The van der Waals surface area contributed by atoms with Crippen molar-refractivity contribution in [2.75, 3.05) is 0 Å². The van der Waals surface area contributed by atoms with Gasteiger partial charge in [0.25, 0.3) is 0 Å². The topological polar surface area (TPSA) is 64.1 Å². The Bertz CT molecular complexity index is 866. The lowest BCUT2D eigenvalue weighted by molar-refractivity contribution is -0.137. The van der Waals surface area contributed by atoms with E-state index in [0.717, 1.165) is 33.6 Å². The Balaban J connectivity index is 1.76. The number of nitrogens with zero attached hydrogens (tertiary/aromatic N) is 1. The van der Waals surface area contributed by atoms with Crippen LogP contribution in [0, 0.1) is 24.7 Å². The Morgan fingerprint density at radius 3 is 2.54 bits per heavy atom. The molecule has 1 aromatic heterocycles. The van der Waals surface area contributed by atoms with Crippen molar-refractivity contribution in [3.05, 3.63) is 28.3 Å². The molecule has 2 bridgehead atoms. The van der Waals surface area contributed by atoms with E-state index in [0.29, 0.717) is 17.9 Å². The van der Waals surface area contributed by atoms with E-state index in [1.54, 1.807) is 6.07 Å². The highest BCUT2D eigenvalue weighted by Crippen LogP contribution is 2.41. The second-order valence-electron chi connectivity index (χ2n) is 6.64. The number of aryl methyl sites for hydroxylation is 1. The van der Waals surface area contributed by atoms with Gasteiger partial charge in [-0.3, -0.25) is 14.4 Å². The molecule has 2 saturated carbocycles.